The molecule has 0 spiro atoms. The number of hydrogen-bond donors (Lipinski definition) is 3. The number of benzene rings is 3. The summed E-state index contributed by atoms with van der Waals surface area (Å²) in [6.45, 7) is 5.42. The van der Waals surface area contributed by atoms with Crippen LogP contribution in [0.25, 0.3) is 0 Å². The lowest BCUT2D eigenvalue weighted by molar-refractivity contribution is 0.0463. The highest BCUT2D eigenvalue weighted by Gasteiger charge is 2.27. The van der Waals surface area contributed by atoms with Crippen molar-refractivity contribution in [3.63, 3.8) is 0 Å². The van der Waals surface area contributed by atoms with Crippen molar-refractivity contribution in [1.29, 1.82) is 0 Å². The summed E-state index contributed by atoms with van der Waals surface area (Å²) in [5, 5.41) is 17.3. The highest BCUT2D eigenvalue weighted by Crippen LogP contribution is 2.16. The Morgan fingerprint density at radius 1 is 0.778 bits per heavy atom. The SMILES string of the molecule is CC(C)(C)OC(=O)N[C@@H](Cc1ccccc1)C[C@H](O)[C@H](Cc1ccccc1)NC(=O)c1ccccc1. The van der Waals surface area contributed by atoms with Gasteiger partial charge in [0.25, 0.3) is 5.91 Å². The average Bonchev–Trinajstić information content (AvgIpc) is 2.84. The first-order valence-electron chi connectivity index (χ1n) is 12.3. The number of aliphatic hydroxyl groups is 1. The van der Waals surface area contributed by atoms with Gasteiger partial charge in [0.15, 0.2) is 0 Å². The molecule has 36 heavy (non-hydrogen) atoms. The summed E-state index contributed by atoms with van der Waals surface area (Å²) in [5.74, 6) is -0.254. The van der Waals surface area contributed by atoms with Gasteiger partial charge in [-0.25, -0.2) is 4.79 Å². The van der Waals surface area contributed by atoms with E-state index in [0.717, 1.165) is 11.1 Å². The number of nitrogens with one attached hydrogen (secondary N) is 2. The van der Waals surface area contributed by atoms with E-state index in [0.29, 0.717) is 18.4 Å². The molecule has 6 nitrogen and oxygen atoms in total. The number of carbonyl (C=O) groups is 2. The van der Waals surface area contributed by atoms with E-state index in [2.05, 4.69) is 10.6 Å². The van der Waals surface area contributed by atoms with Crippen LogP contribution in [0.2, 0.25) is 0 Å². The highest BCUT2D eigenvalue weighted by atomic mass is 16.6. The molecule has 0 saturated carbocycles. The summed E-state index contributed by atoms with van der Waals surface area (Å²) in [7, 11) is 0. The van der Waals surface area contributed by atoms with Gasteiger partial charge in [-0.2, -0.15) is 0 Å². The van der Waals surface area contributed by atoms with E-state index in [1.807, 2.05) is 87.5 Å². The predicted octanol–water partition coefficient (Wildman–Crippen LogP) is 4.91. The van der Waals surface area contributed by atoms with Crippen molar-refractivity contribution in [3.8, 4) is 0 Å². The first kappa shape index (κ1) is 27.0. The van der Waals surface area contributed by atoms with Gasteiger partial charge in [-0.15, -0.1) is 0 Å². The molecule has 0 aromatic heterocycles. The standard InChI is InChI=1S/C30H36N2O4/c1-30(2,3)36-29(35)31-25(19-22-13-7-4-8-14-22)21-27(33)26(20-23-15-9-5-10-16-23)32-28(34)24-17-11-6-12-18-24/h4-18,25-27,33H,19-21H2,1-3H3,(H,31,35)(H,32,34)/t25-,26-,27-/m0/s1. The van der Waals surface area contributed by atoms with Crippen molar-refractivity contribution in [2.45, 2.75) is 63.8 Å². The van der Waals surface area contributed by atoms with E-state index in [-0.39, 0.29) is 12.3 Å². The first-order chi connectivity index (χ1) is 17.2. The molecule has 0 radical (unpaired) electrons. The topological polar surface area (TPSA) is 87.7 Å². The van der Waals surface area contributed by atoms with Gasteiger partial charge in [-0.1, -0.05) is 78.9 Å². The molecule has 0 aliphatic heterocycles. The van der Waals surface area contributed by atoms with E-state index in [1.165, 1.54) is 0 Å². The summed E-state index contributed by atoms with van der Waals surface area (Å²) < 4.78 is 5.46. The minimum atomic E-state index is -0.915. The van der Waals surface area contributed by atoms with Gasteiger partial charge in [0.1, 0.15) is 5.60 Å². The van der Waals surface area contributed by atoms with Gasteiger partial charge in [0.05, 0.1) is 12.1 Å². The second-order valence-corrected chi connectivity index (χ2v) is 9.97. The Balaban J connectivity index is 1.78. The van der Waals surface area contributed by atoms with Gasteiger partial charge in [-0.3, -0.25) is 4.79 Å². The third-order valence-electron chi connectivity index (χ3n) is 5.69. The Bertz CT molecular complexity index is 1080. The predicted molar refractivity (Wildman–Crippen MR) is 142 cm³/mol. The Labute approximate surface area is 213 Å². The third kappa shape index (κ3) is 9.19. The Morgan fingerprint density at radius 3 is 1.81 bits per heavy atom. The lowest BCUT2D eigenvalue weighted by Gasteiger charge is -2.29. The van der Waals surface area contributed by atoms with Crippen LogP contribution in [0, 0.1) is 0 Å². The number of carbonyl (C=O) groups excluding carboxylic acids is 2. The fourth-order valence-electron chi connectivity index (χ4n) is 4.01. The maximum atomic E-state index is 12.9. The van der Waals surface area contributed by atoms with Crippen molar-refractivity contribution in [1.82, 2.24) is 10.6 Å². The molecule has 3 aromatic rings. The number of alkyl carbamates (subject to hydrolysis) is 1. The van der Waals surface area contributed by atoms with E-state index in [9.17, 15) is 14.7 Å². The average molecular weight is 489 g/mol. The van der Waals surface area contributed by atoms with Crippen molar-refractivity contribution in [2.75, 3.05) is 0 Å². The van der Waals surface area contributed by atoms with Gasteiger partial charge in [0.2, 0.25) is 0 Å². The smallest absolute Gasteiger partial charge is 0.407 e. The Hall–Kier alpha value is -3.64. The minimum Gasteiger partial charge on any atom is -0.444 e. The fourth-order valence-corrected chi connectivity index (χ4v) is 4.01. The molecule has 3 rings (SSSR count). The van der Waals surface area contributed by atoms with Crippen molar-refractivity contribution in [3.05, 3.63) is 108 Å². The second kappa shape index (κ2) is 12.9. The van der Waals surface area contributed by atoms with E-state index >= 15 is 0 Å². The van der Waals surface area contributed by atoms with Gasteiger partial charge in [0, 0.05) is 11.6 Å². The molecule has 6 heteroatoms. The third-order valence-corrected chi connectivity index (χ3v) is 5.69. The zero-order valence-electron chi connectivity index (χ0n) is 21.2. The molecule has 0 unspecified atom stereocenters. The summed E-state index contributed by atoms with van der Waals surface area (Å²) in [4.78, 5) is 25.5. The monoisotopic (exact) mass is 488 g/mol. The quantitative estimate of drug-likeness (QED) is 0.378. The number of ether oxygens (including phenoxy) is 1. The molecule has 0 bridgehead atoms. The van der Waals surface area contributed by atoms with E-state index < -0.39 is 29.9 Å². The van der Waals surface area contributed by atoms with Crippen LogP contribution < -0.4 is 10.6 Å². The van der Waals surface area contributed by atoms with E-state index in [4.69, 9.17) is 4.74 Å². The van der Waals surface area contributed by atoms with Gasteiger partial charge in [-0.05, 0) is 63.3 Å². The number of rotatable bonds is 10. The van der Waals surface area contributed by atoms with Crippen LogP contribution >= 0.6 is 0 Å². The largest absolute Gasteiger partial charge is 0.444 e. The maximum absolute atomic E-state index is 12.9. The van der Waals surface area contributed by atoms with Crippen LogP contribution in [0.3, 0.4) is 0 Å². The molecule has 3 aromatic carbocycles. The summed E-state index contributed by atoms with van der Waals surface area (Å²) in [6, 6.07) is 27.5. The van der Waals surface area contributed by atoms with Crippen LogP contribution in [0.15, 0.2) is 91.0 Å². The molecule has 0 saturated heterocycles. The molecule has 2 amide bonds. The maximum Gasteiger partial charge on any atom is 0.407 e. The van der Waals surface area contributed by atoms with Gasteiger partial charge >= 0.3 is 6.09 Å². The lowest BCUT2D eigenvalue weighted by atomic mass is 9.93. The van der Waals surface area contributed by atoms with Crippen molar-refractivity contribution < 1.29 is 19.4 Å². The number of hydrogen-bond acceptors (Lipinski definition) is 4. The first-order valence-corrected chi connectivity index (χ1v) is 12.3. The van der Waals surface area contributed by atoms with Crippen molar-refractivity contribution >= 4 is 12.0 Å². The zero-order chi connectivity index (χ0) is 26.0. The zero-order valence-corrected chi connectivity index (χ0v) is 21.2. The van der Waals surface area contributed by atoms with Crippen LogP contribution in [0.1, 0.15) is 48.7 Å². The molecule has 190 valence electrons. The van der Waals surface area contributed by atoms with Crippen molar-refractivity contribution in [2.24, 2.45) is 0 Å². The van der Waals surface area contributed by atoms with Crippen LogP contribution in [0.4, 0.5) is 4.79 Å². The highest BCUT2D eigenvalue weighted by molar-refractivity contribution is 5.94. The second-order valence-electron chi connectivity index (χ2n) is 9.97. The Kier molecular flexibility index (Phi) is 9.65. The van der Waals surface area contributed by atoms with Crippen LogP contribution in [-0.4, -0.2) is 40.9 Å². The minimum absolute atomic E-state index is 0.237. The molecule has 3 N–H and O–H groups in total. The molecule has 0 aliphatic rings. The lowest BCUT2D eigenvalue weighted by Crippen LogP contribution is -2.49. The summed E-state index contributed by atoms with van der Waals surface area (Å²) >= 11 is 0. The normalized spacial score (nSPS) is 13.8. The summed E-state index contributed by atoms with van der Waals surface area (Å²) in [5.41, 5.74) is 1.91. The molecule has 0 fully saturated rings. The summed E-state index contributed by atoms with van der Waals surface area (Å²) in [6.07, 6.45) is -0.252. The van der Waals surface area contributed by atoms with Crippen LogP contribution in [0.5, 0.6) is 0 Å². The molecule has 0 aliphatic carbocycles. The number of amides is 2. The molecular weight excluding hydrogens is 452 g/mol. The fraction of sp³-hybridized carbons (Fsp3) is 0.333. The number of aliphatic hydroxyl groups excluding tert-OH is 1. The van der Waals surface area contributed by atoms with E-state index in [1.54, 1.807) is 24.3 Å². The molecule has 0 heterocycles. The van der Waals surface area contributed by atoms with Crippen LogP contribution in [-0.2, 0) is 17.6 Å². The molecule has 3 atom stereocenters. The van der Waals surface area contributed by atoms with Gasteiger partial charge < -0.3 is 20.5 Å². The molecular formula is C30H36N2O4. The Morgan fingerprint density at radius 2 is 1.28 bits per heavy atom.